The molecule has 0 unspecified atom stereocenters. The lowest BCUT2D eigenvalue weighted by atomic mass is 9.73. The number of nitrogens with zero attached hydrogens (tertiary/aromatic N) is 8. The molecule has 0 atom stereocenters. The molecule has 0 bridgehead atoms. The Morgan fingerprint density at radius 2 is 0.848 bits per heavy atom. The molecule has 0 amide bonds. The number of hydrogen-bond acceptors (Lipinski definition) is 8. The Morgan fingerprint density at radius 1 is 0.515 bits per heavy atom. The molecule has 2 N–H and O–H groups in total. The highest BCUT2D eigenvalue weighted by Gasteiger charge is 2.52. The maximum absolute atomic E-state index is 11.9. The van der Waals surface area contributed by atoms with E-state index in [0.29, 0.717) is 33.4 Å². The smallest absolute Gasteiger partial charge is 0.210 e. The van der Waals surface area contributed by atoms with E-state index in [0.717, 1.165) is 67.8 Å². The van der Waals surface area contributed by atoms with Crippen molar-refractivity contribution in [3.8, 4) is 24.3 Å². The Hall–Kier alpha value is -7.92. The van der Waals surface area contributed by atoms with Gasteiger partial charge in [0.2, 0.25) is 11.4 Å². The number of nitriles is 4. The zero-order valence-electron chi connectivity index (χ0n) is 39.6. The van der Waals surface area contributed by atoms with Crippen molar-refractivity contribution in [2.75, 3.05) is 38.0 Å². The van der Waals surface area contributed by atoms with E-state index in [1.165, 1.54) is 0 Å². The van der Waals surface area contributed by atoms with Crippen LogP contribution in [0.15, 0.2) is 152 Å². The lowest BCUT2D eigenvalue weighted by Gasteiger charge is -2.30. The Bertz CT molecular complexity index is 3100. The molecule has 0 fully saturated rings. The fraction of sp³-hybridized carbons (Fsp3) is 0.286. The summed E-state index contributed by atoms with van der Waals surface area (Å²) in [6.45, 7) is 17.1. The van der Waals surface area contributed by atoms with Gasteiger partial charge in [0, 0.05) is 117 Å². The van der Waals surface area contributed by atoms with Gasteiger partial charge in [0.15, 0.2) is 11.4 Å². The average molecular weight is 869 g/mol. The van der Waals surface area contributed by atoms with Crippen LogP contribution in [-0.4, -0.2) is 59.0 Å². The second-order valence-electron chi connectivity index (χ2n) is 20.1. The number of likely N-dealkylation sites (N-methyl/N-ethyl adjacent to an activating group) is 2. The Kier molecular flexibility index (Phi) is 9.38. The first-order chi connectivity index (χ1) is 31.1. The molecule has 3 aromatic rings. The molecule has 66 heavy (non-hydrogen) atoms. The molecule has 0 saturated carbocycles. The van der Waals surface area contributed by atoms with Crippen LogP contribution in [-0.2, 0) is 21.7 Å². The molecule has 10 heteroatoms. The predicted octanol–water partition coefficient (Wildman–Crippen LogP) is 10.5. The lowest BCUT2D eigenvalue weighted by Crippen LogP contribution is -2.29. The minimum Gasteiger partial charge on any atom is -0.507 e. The number of aliphatic hydroxyl groups is 2. The largest absolute Gasteiger partial charge is 0.507 e. The Balaban J connectivity index is 1.11. The lowest BCUT2D eigenvalue weighted by molar-refractivity contribution is -0.404. The summed E-state index contributed by atoms with van der Waals surface area (Å²) in [4.78, 5) is 4.21. The van der Waals surface area contributed by atoms with Gasteiger partial charge in [-0.25, -0.2) is 0 Å². The third-order valence-electron chi connectivity index (χ3n) is 15.2. The Labute approximate surface area is 387 Å². The van der Waals surface area contributed by atoms with Crippen molar-refractivity contribution >= 4 is 34.2 Å². The third kappa shape index (κ3) is 5.61. The second-order valence-corrected chi connectivity index (χ2v) is 20.1. The first-order valence-electron chi connectivity index (χ1n) is 22.0. The van der Waals surface area contributed by atoms with Crippen molar-refractivity contribution in [2.45, 2.75) is 77.0 Å². The quantitative estimate of drug-likeness (QED) is 0.195. The molecule has 4 heterocycles. The number of allylic oxidation sites excluding steroid dienone is 12. The van der Waals surface area contributed by atoms with Crippen LogP contribution >= 0.6 is 0 Å². The summed E-state index contributed by atoms with van der Waals surface area (Å²) in [6.07, 6.45) is 7.66. The molecule has 3 aromatic carbocycles. The molecule has 2 aliphatic carbocycles. The molecule has 326 valence electrons. The van der Waals surface area contributed by atoms with Gasteiger partial charge in [0.05, 0.1) is 10.8 Å². The van der Waals surface area contributed by atoms with Crippen LogP contribution in [0.4, 0.5) is 22.7 Å². The zero-order valence-corrected chi connectivity index (χ0v) is 39.6. The molecule has 0 aromatic heterocycles. The van der Waals surface area contributed by atoms with Crippen LogP contribution in [0.1, 0.15) is 77.6 Å². The SMILES string of the molecule is CN1C(=CC2=C(O)C(=CC3=[N+](C)c4cc5c(cc4C3(C)C)[N+](C)=C(/C=C3C(O)=C(/C=C4/N(C)c6ccccc6C4(C)C)C\3=C(C#N)C#N)C5(C)C)C2=C(C#N)C#N)C(C)(C)c2ccccc21. The summed E-state index contributed by atoms with van der Waals surface area (Å²) < 4.78 is 4.24. The highest BCUT2D eigenvalue weighted by atomic mass is 16.3. The monoisotopic (exact) mass is 868 g/mol. The van der Waals surface area contributed by atoms with Crippen LogP contribution in [0, 0.1) is 45.3 Å². The van der Waals surface area contributed by atoms with Crippen LogP contribution in [0.2, 0.25) is 0 Å². The molecule has 4 aliphatic heterocycles. The minimum atomic E-state index is -0.574. The normalized spacial score (nSPS) is 22.5. The van der Waals surface area contributed by atoms with E-state index in [1.54, 1.807) is 0 Å². The van der Waals surface area contributed by atoms with Gasteiger partial charge in [-0.1, -0.05) is 64.1 Å². The molecule has 10 nitrogen and oxygen atoms in total. The van der Waals surface area contributed by atoms with Gasteiger partial charge in [-0.3, -0.25) is 0 Å². The summed E-state index contributed by atoms with van der Waals surface area (Å²) in [6, 6.07) is 29.2. The van der Waals surface area contributed by atoms with Crippen molar-refractivity contribution in [3.63, 3.8) is 0 Å². The molecule has 9 rings (SSSR count). The van der Waals surface area contributed by atoms with Gasteiger partial charge >= 0.3 is 0 Å². The van der Waals surface area contributed by atoms with Crippen molar-refractivity contribution in [3.05, 3.63) is 175 Å². The minimum absolute atomic E-state index is 0.0324. The van der Waals surface area contributed by atoms with Crippen molar-refractivity contribution in [2.24, 2.45) is 0 Å². The number of hydrogen-bond donors (Lipinski definition) is 2. The molecular formula is C56H52N8O2+2. The summed E-state index contributed by atoms with van der Waals surface area (Å²) in [5.74, 6) is 0.0649. The number of fused-ring (bicyclic) bond motifs is 4. The number of anilines is 2. The number of aliphatic hydroxyl groups excluding tert-OH is 2. The van der Waals surface area contributed by atoms with Crippen LogP contribution in [0.3, 0.4) is 0 Å². The second kappa shape index (κ2) is 14.3. The van der Waals surface area contributed by atoms with Crippen LogP contribution in [0.25, 0.3) is 0 Å². The molecule has 0 radical (unpaired) electrons. The maximum Gasteiger partial charge on any atom is 0.210 e. The highest BCUT2D eigenvalue weighted by molar-refractivity contribution is 6.08. The molecule has 0 saturated heterocycles. The summed E-state index contributed by atoms with van der Waals surface area (Å²) in [7, 11) is 7.98. The fourth-order valence-electron chi connectivity index (χ4n) is 11.4. The van der Waals surface area contributed by atoms with Gasteiger partial charge in [-0.15, -0.1) is 0 Å². The highest BCUT2D eigenvalue weighted by Crippen LogP contribution is 2.54. The zero-order chi connectivity index (χ0) is 47.7. The predicted molar refractivity (Wildman–Crippen MR) is 258 cm³/mol. The van der Waals surface area contributed by atoms with E-state index in [-0.39, 0.29) is 33.5 Å². The van der Waals surface area contributed by atoms with E-state index < -0.39 is 10.8 Å². The van der Waals surface area contributed by atoms with E-state index in [1.807, 2.05) is 76.8 Å². The van der Waals surface area contributed by atoms with Gasteiger partial charge in [0.25, 0.3) is 0 Å². The van der Waals surface area contributed by atoms with Crippen LogP contribution in [0.5, 0.6) is 0 Å². The summed E-state index contributed by atoms with van der Waals surface area (Å²) in [5.41, 5.74) is 12.8. The standard InChI is InChI=1S/C56H50N8O2/c1-53(2)37-17-13-15-19-41(37)61(9)45(53)21-33-49(31(27-57)28-58)35(51(33)65)23-47-55(5,6)39-25-44-40(26-43(39)63(47)11)56(7,8)48(64(44)12)24-36-50(32(29-59)30-60)34(52(36)66)22-46-54(3,4)38-18-14-16-20-42(38)62(46)10/h13-26H,1-12H3/p+2. The van der Waals surface area contributed by atoms with Gasteiger partial charge in [0.1, 0.15) is 61.0 Å². The molecule has 6 aliphatic rings. The average Bonchev–Trinajstić information content (AvgIpc) is 3.78. The summed E-state index contributed by atoms with van der Waals surface area (Å²) in [5, 5.41) is 64.5. The van der Waals surface area contributed by atoms with Crippen molar-refractivity contribution in [1.82, 2.24) is 0 Å². The topological polar surface area (TPSA) is 148 Å². The van der Waals surface area contributed by atoms with Crippen molar-refractivity contribution < 1.29 is 19.4 Å². The van der Waals surface area contributed by atoms with Gasteiger partial charge < -0.3 is 20.0 Å². The Morgan fingerprint density at radius 3 is 1.17 bits per heavy atom. The van der Waals surface area contributed by atoms with Gasteiger partial charge in [-0.2, -0.15) is 30.2 Å². The number of benzene rings is 3. The summed E-state index contributed by atoms with van der Waals surface area (Å²) >= 11 is 0. The molecule has 0 spiro atoms. The van der Waals surface area contributed by atoms with Gasteiger partial charge in [-0.05, 0) is 63.1 Å². The van der Waals surface area contributed by atoms with Crippen LogP contribution < -0.4 is 9.80 Å². The first-order valence-corrected chi connectivity index (χ1v) is 22.0. The fourth-order valence-corrected chi connectivity index (χ4v) is 11.4. The number of rotatable bonds is 4. The number of para-hydroxylation sites is 2. The molecular weight excluding hydrogens is 817 g/mol. The van der Waals surface area contributed by atoms with E-state index in [9.17, 15) is 31.3 Å². The van der Waals surface area contributed by atoms with E-state index in [4.69, 9.17) is 0 Å². The maximum atomic E-state index is 11.9. The van der Waals surface area contributed by atoms with Crippen molar-refractivity contribution in [1.29, 1.82) is 21.0 Å². The first kappa shape index (κ1) is 43.3. The van der Waals surface area contributed by atoms with E-state index >= 15 is 0 Å². The van der Waals surface area contributed by atoms with E-state index in [2.05, 4.69) is 135 Å². The third-order valence-corrected chi connectivity index (χ3v) is 15.2.